The molecule has 7 heteroatoms. The van der Waals surface area contributed by atoms with Crippen molar-refractivity contribution < 1.29 is 0 Å². The van der Waals surface area contributed by atoms with E-state index in [1.807, 2.05) is 11.6 Å². The Kier molecular flexibility index (Phi) is 3.45. The second-order valence-corrected chi connectivity index (χ2v) is 5.28. The molecule has 0 aliphatic carbocycles. The van der Waals surface area contributed by atoms with Gasteiger partial charge in [-0.15, -0.1) is 23.1 Å². The van der Waals surface area contributed by atoms with Crippen LogP contribution in [0.5, 0.6) is 0 Å². The number of nitrogens with one attached hydrogen (secondary N) is 1. The topological polar surface area (TPSA) is 63.8 Å². The second-order valence-electron chi connectivity index (χ2n) is 2.71. The Morgan fingerprint density at radius 2 is 2.47 bits per heavy atom. The first-order valence-electron chi connectivity index (χ1n) is 4.22. The molecule has 15 heavy (non-hydrogen) atoms. The fourth-order valence-electron chi connectivity index (χ4n) is 1.10. The molecule has 0 bridgehead atoms. The fourth-order valence-corrected chi connectivity index (χ4v) is 3.19. The van der Waals surface area contributed by atoms with Crippen molar-refractivity contribution in [2.45, 2.75) is 11.4 Å². The van der Waals surface area contributed by atoms with Crippen molar-refractivity contribution in [2.75, 3.05) is 17.3 Å². The molecule has 0 radical (unpaired) electrons. The molecule has 0 aliphatic rings. The van der Waals surface area contributed by atoms with Crippen molar-refractivity contribution in [3.05, 3.63) is 16.6 Å². The molecule has 2 rings (SSSR count). The van der Waals surface area contributed by atoms with Crippen molar-refractivity contribution in [1.29, 1.82) is 0 Å². The Labute approximate surface area is 100 Å². The van der Waals surface area contributed by atoms with E-state index in [0.29, 0.717) is 5.82 Å². The number of aromatic nitrogens is 2. The summed E-state index contributed by atoms with van der Waals surface area (Å²) in [5.74, 6) is 0.606. The highest BCUT2D eigenvalue weighted by Gasteiger charge is 2.09. The summed E-state index contributed by atoms with van der Waals surface area (Å²) in [6.45, 7) is 0.729. The lowest BCUT2D eigenvalue weighted by atomic mass is 10.5. The molecule has 0 fully saturated rings. The molecule has 2 aromatic rings. The van der Waals surface area contributed by atoms with Gasteiger partial charge in [-0.2, -0.15) is 4.37 Å². The quantitative estimate of drug-likeness (QED) is 0.825. The maximum absolute atomic E-state index is 5.73. The van der Waals surface area contributed by atoms with Gasteiger partial charge in [-0.25, -0.2) is 4.98 Å². The van der Waals surface area contributed by atoms with Gasteiger partial charge in [0.2, 0.25) is 0 Å². The maximum Gasteiger partial charge on any atom is 0.153 e. The first kappa shape index (κ1) is 10.7. The van der Waals surface area contributed by atoms with E-state index in [-0.39, 0.29) is 0 Å². The summed E-state index contributed by atoms with van der Waals surface area (Å²) >= 11 is 4.64. The van der Waals surface area contributed by atoms with E-state index in [2.05, 4.69) is 14.7 Å². The van der Waals surface area contributed by atoms with Gasteiger partial charge in [0.15, 0.2) is 5.82 Å². The van der Waals surface area contributed by atoms with Crippen LogP contribution in [-0.4, -0.2) is 15.6 Å². The lowest BCUT2D eigenvalue weighted by Crippen LogP contribution is -1.98. The zero-order chi connectivity index (χ0) is 10.7. The lowest BCUT2D eigenvalue weighted by molar-refractivity contribution is 1.10. The number of nitrogen functional groups attached to an aromatic ring is 1. The van der Waals surface area contributed by atoms with E-state index < -0.39 is 0 Å². The first-order chi connectivity index (χ1) is 7.31. The summed E-state index contributed by atoms with van der Waals surface area (Å²) in [7, 11) is 0. The highest BCUT2D eigenvalue weighted by atomic mass is 32.2. The number of nitrogens with zero attached hydrogens (tertiary/aromatic N) is 2. The Morgan fingerprint density at radius 3 is 3.13 bits per heavy atom. The lowest BCUT2D eigenvalue weighted by Gasteiger charge is -2.02. The highest BCUT2D eigenvalue weighted by molar-refractivity contribution is 7.99. The standard InChI is InChI=1S/C8H10N4S3/c1-13-6-7(9)12-15-8(6)11-4-5-10-2-3-14-5/h2-3,11H,4H2,1H3,(H2,9,12). The molecule has 0 saturated heterocycles. The minimum atomic E-state index is 0.606. The number of thiazole rings is 1. The summed E-state index contributed by atoms with van der Waals surface area (Å²) in [5, 5.41) is 7.34. The van der Waals surface area contributed by atoms with Crippen LogP contribution in [0.4, 0.5) is 10.8 Å². The van der Waals surface area contributed by atoms with E-state index in [9.17, 15) is 0 Å². The molecule has 2 aromatic heterocycles. The van der Waals surface area contributed by atoms with Gasteiger partial charge in [0.25, 0.3) is 0 Å². The summed E-state index contributed by atoms with van der Waals surface area (Å²) in [6, 6.07) is 0. The Hall–Kier alpha value is -0.790. The Bertz CT molecular complexity index is 423. The zero-order valence-electron chi connectivity index (χ0n) is 8.06. The van der Waals surface area contributed by atoms with Crippen LogP contribution in [0.25, 0.3) is 0 Å². The summed E-state index contributed by atoms with van der Waals surface area (Å²) < 4.78 is 4.11. The third kappa shape index (κ3) is 2.42. The van der Waals surface area contributed by atoms with Crippen LogP contribution >= 0.6 is 34.6 Å². The number of thioether (sulfide) groups is 1. The van der Waals surface area contributed by atoms with Gasteiger partial charge in [0.1, 0.15) is 10.0 Å². The molecule has 0 amide bonds. The van der Waals surface area contributed by atoms with Crippen molar-refractivity contribution in [3.63, 3.8) is 0 Å². The average molecular weight is 258 g/mol. The second kappa shape index (κ2) is 4.82. The minimum absolute atomic E-state index is 0.606. The molecule has 4 nitrogen and oxygen atoms in total. The van der Waals surface area contributed by atoms with E-state index >= 15 is 0 Å². The van der Waals surface area contributed by atoms with Gasteiger partial charge >= 0.3 is 0 Å². The predicted octanol–water partition coefficient (Wildman–Crippen LogP) is 2.52. The zero-order valence-corrected chi connectivity index (χ0v) is 10.5. The third-order valence-electron chi connectivity index (χ3n) is 1.76. The Morgan fingerprint density at radius 1 is 1.60 bits per heavy atom. The highest BCUT2D eigenvalue weighted by Crippen LogP contribution is 2.34. The molecule has 0 aromatic carbocycles. The summed E-state index contributed by atoms with van der Waals surface area (Å²) in [5.41, 5.74) is 5.73. The van der Waals surface area contributed by atoms with Gasteiger partial charge < -0.3 is 11.1 Å². The molecule has 3 N–H and O–H groups in total. The molecular weight excluding hydrogens is 248 g/mol. The van der Waals surface area contributed by atoms with E-state index in [1.54, 1.807) is 29.3 Å². The third-order valence-corrected chi connectivity index (χ3v) is 4.31. The molecule has 0 unspecified atom stereocenters. The number of nitrogens with two attached hydrogens (primary N) is 1. The first-order valence-corrected chi connectivity index (χ1v) is 7.10. The smallest absolute Gasteiger partial charge is 0.153 e. The summed E-state index contributed by atoms with van der Waals surface area (Å²) in [4.78, 5) is 5.22. The molecule has 80 valence electrons. The minimum Gasteiger partial charge on any atom is -0.382 e. The maximum atomic E-state index is 5.73. The molecule has 0 atom stereocenters. The van der Waals surface area contributed by atoms with Crippen molar-refractivity contribution in [1.82, 2.24) is 9.36 Å². The van der Waals surface area contributed by atoms with Gasteiger partial charge in [0, 0.05) is 11.6 Å². The van der Waals surface area contributed by atoms with Crippen LogP contribution < -0.4 is 11.1 Å². The fraction of sp³-hybridized carbons (Fsp3) is 0.250. The van der Waals surface area contributed by atoms with Gasteiger partial charge in [-0.1, -0.05) is 0 Å². The van der Waals surface area contributed by atoms with E-state index in [1.165, 1.54) is 11.5 Å². The van der Waals surface area contributed by atoms with Crippen LogP contribution in [0, 0.1) is 0 Å². The largest absolute Gasteiger partial charge is 0.382 e. The predicted molar refractivity (Wildman–Crippen MR) is 67.7 cm³/mol. The molecule has 0 aliphatic heterocycles. The van der Waals surface area contributed by atoms with Crippen molar-refractivity contribution >= 4 is 45.5 Å². The van der Waals surface area contributed by atoms with Gasteiger partial charge in [0.05, 0.1) is 11.4 Å². The average Bonchev–Trinajstić information content (AvgIpc) is 2.84. The van der Waals surface area contributed by atoms with Gasteiger partial charge in [-0.05, 0) is 17.8 Å². The van der Waals surface area contributed by atoms with Crippen molar-refractivity contribution in [3.8, 4) is 0 Å². The van der Waals surface area contributed by atoms with E-state index in [0.717, 1.165) is 21.4 Å². The Balaban J connectivity index is 2.05. The number of anilines is 2. The summed E-state index contributed by atoms with van der Waals surface area (Å²) in [6.07, 6.45) is 3.80. The SMILES string of the molecule is CSc1c(N)nsc1NCc1nccs1. The molecule has 2 heterocycles. The monoisotopic (exact) mass is 258 g/mol. The molecular formula is C8H10N4S3. The normalized spacial score (nSPS) is 10.5. The van der Waals surface area contributed by atoms with Crippen molar-refractivity contribution in [2.24, 2.45) is 0 Å². The molecule has 0 spiro atoms. The van der Waals surface area contributed by atoms with Crippen LogP contribution in [0.2, 0.25) is 0 Å². The van der Waals surface area contributed by atoms with Gasteiger partial charge in [-0.3, -0.25) is 0 Å². The van der Waals surface area contributed by atoms with Crippen LogP contribution in [0.15, 0.2) is 16.5 Å². The van der Waals surface area contributed by atoms with E-state index in [4.69, 9.17) is 5.73 Å². The van der Waals surface area contributed by atoms with Crippen LogP contribution in [-0.2, 0) is 6.54 Å². The number of rotatable bonds is 4. The molecule has 0 saturated carbocycles. The van der Waals surface area contributed by atoms with Crippen LogP contribution in [0.1, 0.15) is 5.01 Å². The van der Waals surface area contributed by atoms with Crippen LogP contribution in [0.3, 0.4) is 0 Å². The number of hydrogen-bond donors (Lipinski definition) is 2. The number of hydrogen-bond acceptors (Lipinski definition) is 7.